The normalized spacial score (nSPS) is 20.1. The minimum Gasteiger partial charge on any atom is -0.481 e. The highest BCUT2D eigenvalue weighted by Gasteiger charge is 2.18. The van der Waals surface area contributed by atoms with Crippen LogP contribution in [0.2, 0.25) is 0 Å². The van der Waals surface area contributed by atoms with Crippen molar-refractivity contribution in [2.24, 2.45) is 5.92 Å². The maximum atomic E-state index is 10.4. The van der Waals surface area contributed by atoms with Crippen molar-refractivity contribution >= 4 is 5.97 Å². The van der Waals surface area contributed by atoms with Crippen LogP contribution >= 0.6 is 0 Å². The highest BCUT2D eigenvalue weighted by atomic mass is 16.5. The van der Waals surface area contributed by atoms with E-state index < -0.39 is 5.97 Å². The van der Waals surface area contributed by atoms with Crippen molar-refractivity contribution in [1.82, 2.24) is 4.98 Å². The fourth-order valence-electron chi connectivity index (χ4n) is 1.78. The molecule has 16 heavy (non-hydrogen) atoms. The fourth-order valence-corrected chi connectivity index (χ4v) is 1.78. The first kappa shape index (κ1) is 11.1. The zero-order chi connectivity index (χ0) is 11.4. The largest absolute Gasteiger partial charge is 0.481 e. The van der Waals surface area contributed by atoms with E-state index in [9.17, 15) is 4.79 Å². The van der Waals surface area contributed by atoms with E-state index >= 15 is 0 Å². The third kappa shape index (κ3) is 3.06. The number of aryl methyl sites for hydroxylation is 1. The van der Waals surface area contributed by atoms with Crippen LogP contribution in [0.5, 0.6) is 0 Å². The molecule has 5 nitrogen and oxygen atoms in total. The smallest absolute Gasteiger partial charge is 0.303 e. The minimum atomic E-state index is -0.811. The Morgan fingerprint density at radius 3 is 3.19 bits per heavy atom. The van der Waals surface area contributed by atoms with Crippen LogP contribution in [0.15, 0.2) is 10.7 Å². The summed E-state index contributed by atoms with van der Waals surface area (Å²) in [5, 5.41) is 8.54. The summed E-state index contributed by atoms with van der Waals surface area (Å²) in [6.07, 6.45) is 3.91. The van der Waals surface area contributed by atoms with Gasteiger partial charge in [-0.3, -0.25) is 4.79 Å². The number of carboxylic acids is 1. The summed E-state index contributed by atoms with van der Waals surface area (Å²) in [5.74, 6) is 0.371. The van der Waals surface area contributed by atoms with Crippen LogP contribution < -0.4 is 0 Å². The Morgan fingerprint density at radius 2 is 2.50 bits per heavy atom. The zero-order valence-corrected chi connectivity index (χ0v) is 9.02. The first-order valence-corrected chi connectivity index (χ1v) is 5.47. The Balaban J connectivity index is 1.84. The lowest BCUT2D eigenvalue weighted by Gasteiger charge is -2.01. The van der Waals surface area contributed by atoms with Gasteiger partial charge in [0.1, 0.15) is 6.26 Å². The summed E-state index contributed by atoms with van der Waals surface area (Å²) in [6.45, 7) is 1.59. The first-order chi connectivity index (χ1) is 7.74. The van der Waals surface area contributed by atoms with Crippen LogP contribution in [0, 0.1) is 5.92 Å². The maximum Gasteiger partial charge on any atom is 0.303 e. The molecule has 0 aliphatic carbocycles. The van der Waals surface area contributed by atoms with Gasteiger partial charge in [-0.2, -0.15) is 0 Å². The Morgan fingerprint density at radius 1 is 1.62 bits per heavy atom. The molecule has 0 radical (unpaired) electrons. The molecule has 1 aliphatic heterocycles. The van der Waals surface area contributed by atoms with Gasteiger partial charge in [0.15, 0.2) is 5.89 Å². The van der Waals surface area contributed by atoms with E-state index in [1.807, 2.05) is 0 Å². The SMILES string of the molecule is O=C(O)CCc1coc(CC2CCOC2)n1. The summed E-state index contributed by atoms with van der Waals surface area (Å²) in [7, 11) is 0. The zero-order valence-electron chi connectivity index (χ0n) is 9.02. The van der Waals surface area contributed by atoms with Crippen molar-refractivity contribution in [3.8, 4) is 0 Å². The molecular formula is C11H15NO4. The summed E-state index contributed by atoms with van der Waals surface area (Å²) < 4.78 is 10.6. The molecule has 1 aromatic heterocycles. The van der Waals surface area contributed by atoms with Crippen LogP contribution in [0.3, 0.4) is 0 Å². The number of oxazole rings is 1. The summed E-state index contributed by atoms with van der Waals surface area (Å²) in [4.78, 5) is 14.6. The molecule has 2 heterocycles. The average Bonchev–Trinajstić information content (AvgIpc) is 2.87. The Labute approximate surface area is 93.4 Å². The third-order valence-electron chi connectivity index (χ3n) is 2.68. The van der Waals surface area contributed by atoms with Crippen LogP contribution in [0.1, 0.15) is 24.4 Å². The molecule has 1 atom stereocenters. The van der Waals surface area contributed by atoms with Gasteiger partial charge in [0.05, 0.1) is 12.1 Å². The molecule has 1 N–H and O–H groups in total. The lowest BCUT2D eigenvalue weighted by molar-refractivity contribution is -0.136. The third-order valence-corrected chi connectivity index (χ3v) is 2.68. The van der Waals surface area contributed by atoms with Gasteiger partial charge < -0.3 is 14.3 Å². The monoisotopic (exact) mass is 225 g/mol. The van der Waals surface area contributed by atoms with E-state index in [4.69, 9.17) is 14.3 Å². The topological polar surface area (TPSA) is 72.6 Å². The predicted molar refractivity (Wildman–Crippen MR) is 55.1 cm³/mol. The molecule has 1 saturated heterocycles. The fraction of sp³-hybridized carbons (Fsp3) is 0.636. The summed E-state index contributed by atoms with van der Waals surface area (Å²) in [5.41, 5.74) is 0.719. The van der Waals surface area contributed by atoms with E-state index in [0.717, 1.165) is 31.7 Å². The van der Waals surface area contributed by atoms with Crippen molar-refractivity contribution < 1.29 is 19.1 Å². The Kier molecular flexibility index (Phi) is 3.56. The van der Waals surface area contributed by atoms with E-state index in [-0.39, 0.29) is 6.42 Å². The van der Waals surface area contributed by atoms with Crippen molar-refractivity contribution in [2.45, 2.75) is 25.7 Å². The van der Waals surface area contributed by atoms with Gasteiger partial charge in [0, 0.05) is 26.1 Å². The number of carbonyl (C=O) groups is 1. The number of rotatable bonds is 5. The average molecular weight is 225 g/mol. The molecule has 1 unspecified atom stereocenters. The van der Waals surface area contributed by atoms with Crippen molar-refractivity contribution in [3.05, 3.63) is 17.8 Å². The second kappa shape index (κ2) is 5.12. The minimum absolute atomic E-state index is 0.0957. The quantitative estimate of drug-likeness (QED) is 0.817. The number of aromatic nitrogens is 1. The molecule has 0 saturated carbocycles. The van der Waals surface area contributed by atoms with Gasteiger partial charge in [-0.05, 0) is 12.3 Å². The van der Waals surface area contributed by atoms with Crippen LogP contribution in [-0.2, 0) is 22.4 Å². The number of nitrogens with zero attached hydrogens (tertiary/aromatic N) is 1. The molecule has 2 rings (SSSR count). The van der Waals surface area contributed by atoms with Gasteiger partial charge in [-0.1, -0.05) is 0 Å². The van der Waals surface area contributed by atoms with E-state index in [0.29, 0.717) is 18.2 Å². The standard InChI is InChI=1S/C11H15NO4/c13-11(14)2-1-9-7-16-10(12-9)5-8-3-4-15-6-8/h7-8H,1-6H2,(H,13,14). The van der Waals surface area contributed by atoms with Crippen molar-refractivity contribution in [2.75, 3.05) is 13.2 Å². The highest BCUT2D eigenvalue weighted by molar-refractivity contribution is 5.66. The van der Waals surface area contributed by atoms with Crippen LogP contribution in [-0.4, -0.2) is 29.3 Å². The molecule has 0 bridgehead atoms. The lowest BCUT2D eigenvalue weighted by atomic mass is 10.1. The van der Waals surface area contributed by atoms with Crippen molar-refractivity contribution in [1.29, 1.82) is 0 Å². The van der Waals surface area contributed by atoms with E-state index in [1.165, 1.54) is 0 Å². The van der Waals surface area contributed by atoms with Gasteiger partial charge in [0.2, 0.25) is 0 Å². The number of hydrogen-bond donors (Lipinski definition) is 1. The van der Waals surface area contributed by atoms with Gasteiger partial charge in [0.25, 0.3) is 0 Å². The molecule has 0 aromatic carbocycles. The molecule has 1 fully saturated rings. The van der Waals surface area contributed by atoms with Crippen LogP contribution in [0.4, 0.5) is 0 Å². The van der Waals surface area contributed by atoms with Crippen molar-refractivity contribution in [3.63, 3.8) is 0 Å². The van der Waals surface area contributed by atoms with Gasteiger partial charge in [-0.15, -0.1) is 0 Å². The Bertz CT molecular complexity index is 355. The number of aliphatic carboxylic acids is 1. The maximum absolute atomic E-state index is 10.4. The molecule has 0 spiro atoms. The molecule has 88 valence electrons. The predicted octanol–water partition coefficient (Wildman–Crippen LogP) is 1.27. The Hall–Kier alpha value is -1.36. The summed E-state index contributed by atoms with van der Waals surface area (Å²) >= 11 is 0. The van der Waals surface area contributed by atoms with E-state index in [1.54, 1.807) is 6.26 Å². The number of hydrogen-bond acceptors (Lipinski definition) is 4. The molecule has 1 aliphatic rings. The highest BCUT2D eigenvalue weighted by Crippen LogP contribution is 2.18. The molecule has 0 amide bonds. The van der Waals surface area contributed by atoms with Gasteiger partial charge in [-0.25, -0.2) is 4.98 Å². The van der Waals surface area contributed by atoms with Crippen LogP contribution in [0.25, 0.3) is 0 Å². The number of ether oxygens (including phenoxy) is 1. The molecule has 5 heteroatoms. The second-order valence-electron chi connectivity index (χ2n) is 4.06. The number of carboxylic acid groups (broad SMARTS) is 1. The summed E-state index contributed by atoms with van der Waals surface area (Å²) in [6, 6.07) is 0. The molecule has 1 aromatic rings. The lowest BCUT2D eigenvalue weighted by Crippen LogP contribution is -2.04. The van der Waals surface area contributed by atoms with E-state index in [2.05, 4.69) is 4.98 Å². The molecular weight excluding hydrogens is 210 g/mol. The first-order valence-electron chi connectivity index (χ1n) is 5.47. The van der Waals surface area contributed by atoms with Gasteiger partial charge >= 0.3 is 5.97 Å². The second-order valence-corrected chi connectivity index (χ2v) is 4.06.